The molecule has 3 aromatic rings. The second-order valence-electron chi connectivity index (χ2n) is 9.45. The van der Waals surface area contributed by atoms with Gasteiger partial charge in [0.15, 0.2) is 17.3 Å². The van der Waals surface area contributed by atoms with E-state index in [9.17, 15) is 15.3 Å². The number of methoxy groups -OCH3 is 2. The first kappa shape index (κ1) is 25.8. The number of rotatable bonds is 5. The average molecular weight is 573 g/mol. The molecule has 3 aromatic carbocycles. The first-order chi connectivity index (χ1) is 18.3. The van der Waals surface area contributed by atoms with Crippen molar-refractivity contribution in [3.63, 3.8) is 0 Å². The Morgan fingerprint density at radius 3 is 2.45 bits per heavy atom. The molecule has 1 unspecified atom stereocenters. The van der Waals surface area contributed by atoms with Gasteiger partial charge in [-0.25, -0.2) is 0 Å². The molecule has 2 N–H and O–H groups in total. The molecule has 0 saturated heterocycles. The van der Waals surface area contributed by atoms with Crippen LogP contribution < -0.4 is 14.4 Å². The first-order valence-electron chi connectivity index (χ1n) is 12.5. The van der Waals surface area contributed by atoms with Gasteiger partial charge in [-0.3, -0.25) is 15.1 Å². The highest BCUT2D eigenvalue weighted by molar-refractivity contribution is 9.10. The summed E-state index contributed by atoms with van der Waals surface area (Å²) in [6.07, 6.45) is 1.73. The van der Waals surface area contributed by atoms with E-state index in [-0.39, 0.29) is 17.4 Å². The summed E-state index contributed by atoms with van der Waals surface area (Å²) >= 11 is 3.55. The SMILES string of the molecule is COc1cccc(C2C3=C(CCCC3=O)N(c3cccc(Br)c3)C(=N)/C2=C(/O)c2ccc(C)cc2)c1OC. The van der Waals surface area contributed by atoms with Crippen molar-refractivity contribution in [3.05, 3.63) is 105 Å². The Labute approximate surface area is 230 Å². The minimum absolute atomic E-state index is 0.00262. The van der Waals surface area contributed by atoms with Gasteiger partial charge in [-0.1, -0.05) is 64.0 Å². The number of carbonyl (C=O) groups excluding carboxylic acids is 1. The molecule has 0 bridgehead atoms. The minimum atomic E-state index is -0.708. The number of nitrogens with one attached hydrogen (secondary N) is 1. The number of amidine groups is 1. The van der Waals surface area contributed by atoms with E-state index in [4.69, 9.17) is 9.47 Å². The van der Waals surface area contributed by atoms with Crippen molar-refractivity contribution in [1.29, 1.82) is 5.41 Å². The maximum atomic E-state index is 13.7. The first-order valence-corrected chi connectivity index (χ1v) is 13.3. The van der Waals surface area contributed by atoms with Crippen LogP contribution in [0, 0.1) is 12.3 Å². The number of hydrogen-bond donors (Lipinski definition) is 2. The summed E-state index contributed by atoms with van der Waals surface area (Å²) in [5, 5.41) is 21.3. The van der Waals surface area contributed by atoms with Gasteiger partial charge >= 0.3 is 0 Å². The van der Waals surface area contributed by atoms with E-state index in [1.54, 1.807) is 25.2 Å². The molecule has 38 heavy (non-hydrogen) atoms. The van der Waals surface area contributed by atoms with Crippen molar-refractivity contribution in [2.75, 3.05) is 19.1 Å². The van der Waals surface area contributed by atoms with Gasteiger partial charge in [-0.05, 0) is 44.0 Å². The third-order valence-corrected chi connectivity index (χ3v) is 7.64. The van der Waals surface area contributed by atoms with Crippen LogP contribution in [0.15, 0.2) is 88.0 Å². The van der Waals surface area contributed by atoms with Crippen LogP contribution in [0.3, 0.4) is 0 Å². The van der Waals surface area contributed by atoms with E-state index in [1.807, 2.05) is 67.6 Å². The Bertz CT molecular complexity index is 1490. The van der Waals surface area contributed by atoms with E-state index in [0.29, 0.717) is 53.0 Å². The Morgan fingerprint density at radius 1 is 1.03 bits per heavy atom. The summed E-state index contributed by atoms with van der Waals surface area (Å²) in [7, 11) is 3.13. The number of halogens is 1. The Morgan fingerprint density at radius 2 is 1.76 bits per heavy atom. The van der Waals surface area contributed by atoms with Crippen LogP contribution in [0.2, 0.25) is 0 Å². The highest BCUT2D eigenvalue weighted by Gasteiger charge is 2.44. The van der Waals surface area contributed by atoms with Crippen LogP contribution in [0.4, 0.5) is 5.69 Å². The number of hydrogen-bond acceptors (Lipinski definition) is 5. The Kier molecular flexibility index (Phi) is 7.13. The van der Waals surface area contributed by atoms with Crippen LogP contribution in [-0.4, -0.2) is 30.9 Å². The number of allylic oxidation sites excluding steroid dienone is 2. The molecule has 0 amide bonds. The molecule has 2 aliphatic rings. The maximum Gasteiger partial charge on any atom is 0.164 e. The molecule has 1 aliphatic carbocycles. The predicted octanol–water partition coefficient (Wildman–Crippen LogP) is 7.33. The standard InChI is InChI=1S/C31H29BrN2O4/c1-18-13-15-19(16-14-18)29(36)28-26(22-9-5-12-25(37-2)30(22)38-3)27-23(10-6-11-24(27)35)34(31(28)33)21-8-4-7-20(32)17-21/h4-5,7-9,12-17,26,33,36H,6,10-11H2,1-3H3/b29-28+,33-31?. The molecule has 0 saturated carbocycles. The van der Waals surface area contributed by atoms with E-state index >= 15 is 0 Å². The van der Waals surface area contributed by atoms with Gasteiger partial charge in [0, 0.05) is 44.6 Å². The minimum Gasteiger partial charge on any atom is -0.507 e. The summed E-state index contributed by atoms with van der Waals surface area (Å²) in [5.74, 6) is 0.357. The summed E-state index contributed by atoms with van der Waals surface area (Å²) < 4.78 is 12.2. The predicted molar refractivity (Wildman–Crippen MR) is 153 cm³/mol. The number of aliphatic hydroxyl groups excluding tert-OH is 1. The monoisotopic (exact) mass is 572 g/mol. The molecule has 0 spiro atoms. The third kappa shape index (κ3) is 4.41. The summed E-state index contributed by atoms with van der Waals surface area (Å²) in [4.78, 5) is 15.5. The fourth-order valence-corrected chi connectivity index (χ4v) is 5.80. The normalized spacial score (nSPS) is 18.8. The molecule has 1 atom stereocenters. The van der Waals surface area contributed by atoms with E-state index in [0.717, 1.165) is 21.4 Å². The number of aliphatic hydroxyl groups is 1. The number of nitrogens with zero attached hydrogens (tertiary/aromatic N) is 1. The van der Waals surface area contributed by atoms with Gasteiger partial charge in [0.2, 0.25) is 0 Å². The van der Waals surface area contributed by atoms with Crippen molar-refractivity contribution in [1.82, 2.24) is 0 Å². The fourth-order valence-electron chi connectivity index (χ4n) is 5.41. The maximum absolute atomic E-state index is 13.7. The number of aryl methyl sites for hydroxylation is 1. The number of Topliss-reactive ketones (excluding diaryl/α,β-unsaturated/α-hetero) is 1. The highest BCUT2D eigenvalue weighted by Crippen LogP contribution is 2.51. The van der Waals surface area contributed by atoms with Crippen LogP contribution in [0.25, 0.3) is 5.76 Å². The van der Waals surface area contributed by atoms with Gasteiger partial charge in [-0.2, -0.15) is 0 Å². The Balaban J connectivity index is 1.87. The molecule has 194 valence electrons. The number of ketones is 1. The third-order valence-electron chi connectivity index (χ3n) is 7.15. The van der Waals surface area contributed by atoms with Crippen molar-refractivity contribution in [2.24, 2.45) is 0 Å². The fraction of sp³-hybridized carbons (Fsp3) is 0.226. The zero-order valence-electron chi connectivity index (χ0n) is 21.5. The number of benzene rings is 3. The van der Waals surface area contributed by atoms with Crippen LogP contribution in [-0.2, 0) is 4.79 Å². The largest absolute Gasteiger partial charge is 0.507 e. The van der Waals surface area contributed by atoms with Crippen molar-refractivity contribution in [2.45, 2.75) is 32.1 Å². The number of para-hydroxylation sites is 1. The molecular weight excluding hydrogens is 544 g/mol. The zero-order valence-corrected chi connectivity index (χ0v) is 23.1. The van der Waals surface area contributed by atoms with E-state index in [1.165, 1.54) is 0 Å². The molecule has 7 heteroatoms. The quantitative estimate of drug-likeness (QED) is 0.313. The molecule has 1 aliphatic heterocycles. The van der Waals surface area contributed by atoms with E-state index in [2.05, 4.69) is 15.9 Å². The van der Waals surface area contributed by atoms with Gasteiger partial charge in [-0.15, -0.1) is 0 Å². The summed E-state index contributed by atoms with van der Waals surface area (Å²) in [5.41, 5.74) is 4.74. The van der Waals surface area contributed by atoms with Crippen molar-refractivity contribution in [3.8, 4) is 11.5 Å². The van der Waals surface area contributed by atoms with Crippen LogP contribution in [0.5, 0.6) is 11.5 Å². The van der Waals surface area contributed by atoms with Crippen LogP contribution >= 0.6 is 15.9 Å². The van der Waals surface area contributed by atoms with Gasteiger partial charge in [0.25, 0.3) is 0 Å². The zero-order chi connectivity index (χ0) is 27.0. The van der Waals surface area contributed by atoms with Crippen molar-refractivity contribution < 1.29 is 19.4 Å². The molecular formula is C31H29BrN2O4. The summed E-state index contributed by atoms with van der Waals surface area (Å²) in [6, 6.07) is 20.7. The Hall–Kier alpha value is -3.84. The lowest BCUT2D eigenvalue weighted by atomic mass is 9.73. The van der Waals surface area contributed by atoms with Gasteiger partial charge < -0.3 is 14.6 Å². The van der Waals surface area contributed by atoms with Crippen molar-refractivity contribution >= 4 is 39.0 Å². The lowest BCUT2D eigenvalue weighted by Gasteiger charge is -2.42. The molecule has 0 radical (unpaired) electrons. The lowest BCUT2D eigenvalue weighted by molar-refractivity contribution is -0.116. The smallest absolute Gasteiger partial charge is 0.164 e. The molecule has 6 nitrogen and oxygen atoms in total. The lowest BCUT2D eigenvalue weighted by Crippen LogP contribution is -2.42. The number of anilines is 1. The van der Waals surface area contributed by atoms with Gasteiger partial charge in [0.1, 0.15) is 11.6 Å². The number of ether oxygens (including phenoxy) is 2. The number of carbonyl (C=O) groups is 1. The second-order valence-corrected chi connectivity index (χ2v) is 10.4. The molecule has 0 aromatic heterocycles. The molecule has 0 fully saturated rings. The van der Waals surface area contributed by atoms with Gasteiger partial charge in [0.05, 0.1) is 20.1 Å². The van der Waals surface area contributed by atoms with Crippen LogP contribution in [0.1, 0.15) is 41.9 Å². The topological polar surface area (TPSA) is 82.9 Å². The molecule has 5 rings (SSSR count). The highest BCUT2D eigenvalue weighted by atomic mass is 79.9. The second kappa shape index (κ2) is 10.5. The summed E-state index contributed by atoms with van der Waals surface area (Å²) in [6.45, 7) is 1.98. The van der Waals surface area contributed by atoms with E-state index < -0.39 is 5.92 Å². The molecule has 1 heterocycles. The average Bonchev–Trinajstić information content (AvgIpc) is 2.92.